The molecular weight excluding hydrogens is 240 g/mol. The number of nitrogens with zero attached hydrogens (tertiary/aromatic N) is 2. The van der Waals surface area contributed by atoms with E-state index in [4.69, 9.17) is 9.84 Å². The zero-order valence-corrected chi connectivity index (χ0v) is 9.68. The lowest BCUT2D eigenvalue weighted by Gasteiger charge is -2.24. The Balaban J connectivity index is 1.89. The first-order valence-electron chi connectivity index (χ1n) is 5.16. The molecule has 0 fully saturated rings. The van der Waals surface area contributed by atoms with Gasteiger partial charge < -0.3 is 14.4 Å². The predicted molar refractivity (Wildman–Crippen MR) is 61.0 cm³/mol. The van der Waals surface area contributed by atoms with Gasteiger partial charge in [-0.15, -0.1) is 0 Å². The monoisotopic (exact) mass is 250 g/mol. The molecule has 1 N–H and O–H groups in total. The number of fused-ring (bicyclic) bond motifs is 1. The SMILES string of the molecule is O=C(O)c1ncn2c1COC(c1ccsc1)C2. The first-order valence-corrected chi connectivity index (χ1v) is 6.11. The second-order valence-electron chi connectivity index (χ2n) is 3.85. The summed E-state index contributed by atoms with van der Waals surface area (Å²) in [7, 11) is 0. The summed E-state index contributed by atoms with van der Waals surface area (Å²) in [5.74, 6) is -1.00. The third-order valence-electron chi connectivity index (χ3n) is 2.85. The van der Waals surface area contributed by atoms with Gasteiger partial charge in [0, 0.05) is 0 Å². The molecule has 0 spiro atoms. The standard InChI is InChI=1S/C11H10N2O3S/c14-11(15)10-8-4-16-9(3-13(8)6-12-10)7-1-2-17-5-7/h1-2,5-6,9H,3-4H2,(H,14,15). The lowest BCUT2D eigenvalue weighted by molar-refractivity contribution is 0.00245. The molecule has 0 amide bonds. The van der Waals surface area contributed by atoms with Crippen LogP contribution in [0.5, 0.6) is 0 Å². The number of imidazole rings is 1. The molecule has 2 aromatic rings. The molecular formula is C11H10N2O3S. The number of carbonyl (C=O) groups is 1. The molecule has 0 aliphatic carbocycles. The summed E-state index contributed by atoms with van der Waals surface area (Å²) in [4.78, 5) is 14.8. The average Bonchev–Trinajstić information content (AvgIpc) is 2.97. The first-order chi connectivity index (χ1) is 8.25. The van der Waals surface area contributed by atoms with Crippen molar-refractivity contribution in [1.82, 2.24) is 9.55 Å². The summed E-state index contributed by atoms with van der Waals surface area (Å²) in [6.07, 6.45) is 1.56. The molecule has 1 atom stereocenters. The van der Waals surface area contributed by atoms with Crippen LogP contribution >= 0.6 is 11.3 Å². The van der Waals surface area contributed by atoms with E-state index in [1.54, 1.807) is 17.7 Å². The summed E-state index contributed by atoms with van der Waals surface area (Å²) in [5.41, 5.74) is 1.86. The van der Waals surface area contributed by atoms with E-state index in [2.05, 4.69) is 4.98 Å². The summed E-state index contributed by atoms with van der Waals surface area (Å²) in [6.45, 7) is 0.911. The fourth-order valence-electron chi connectivity index (χ4n) is 1.97. The number of hydrogen-bond acceptors (Lipinski definition) is 4. The topological polar surface area (TPSA) is 64.3 Å². The Hall–Kier alpha value is -1.66. The fourth-order valence-corrected chi connectivity index (χ4v) is 2.67. The number of aromatic carboxylic acids is 1. The Morgan fingerprint density at radius 1 is 1.65 bits per heavy atom. The Kier molecular flexibility index (Phi) is 2.45. The second-order valence-corrected chi connectivity index (χ2v) is 4.63. The van der Waals surface area contributed by atoms with E-state index in [0.29, 0.717) is 18.8 Å². The number of thiophene rings is 1. The van der Waals surface area contributed by atoms with Crippen LogP contribution in [0.15, 0.2) is 23.2 Å². The summed E-state index contributed by atoms with van der Waals surface area (Å²) >= 11 is 1.63. The molecule has 88 valence electrons. The lowest BCUT2D eigenvalue weighted by Crippen LogP contribution is -2.21. The number of aromatic nitrogens is 2. The van der Waals surface area contributed by atoms with Crippen molar-refractivity contribution in [3.63, 3.8) is 0 Å². The lowest BCUT2D eigenvalue weighted by atomic mass is 10.1. The maximum Gasteiger partial charge on any atom is 0.356 e. The molecule has 3 heterocycles. The minimum Gasteiger partial charge on any atom is -0.476 e. The highest BCUT2D eigenvalue weighted by Crippen LogP contribution is 2.28. The van der Waals surface area contributed by atoms with Crippen LogP contribution in [0.1, 0.15) is 27.8 Å². The quantitative estimate of drug-likeness (QED) is 0.884. The van der Waals surface area contributed by atoms with Gasteiger partial charge in [-0.1, -0.05) is 0 Å². The largest absolute Gasteiger partial charge is 0.476 e. The van der Waals surface area contributed by atoms with E-state index in [-0.39, 0.29) is 11.8 Å². The van der Waals surface area contributed by atoms with E-state index in [1.807, 2.05) is 21.4 Å². The molecule has 0 bridgehead atoms. The van der Waals surface area contributed by atoms with Crippen molar-refractivity contribution in [2.75, 3.05) is 0 Å². The molecule has 3 rings (SSSR count). The highest BCUT2D eigenvalue weighted by molar-refractivity contribution is 7.07. The Bertz CT molecular complexity index is 547. The fraction of sp³-hybridized carbons (Fsp3) is 0.273. The molecule has 1 aliphatic heterocycles. The molecule has 1 aliphatic rings. The Morgan fingerprint density at radius 3 is 3.24 bits per heavy atom. The van der Waals surface area contributed by atoms with Crippen molar-refractivity contribution in [2.45, 2.75) is 19.3 Å². The van der Waals surface area contributed by atoms with Crippen LogP contribution in [0.2, 0.25) is 0 Å². The maximum absolute atomic E-state index is 10.9. The molecule has 0 saturated heterocycles. The average molecular weight is 250 g/mol. The number of carboxylic acids is 1. The minimum absolute atomic E-state index is 0.00963. The number of rotatable bonds is 2. The summed E-state index contributed by atoms with van der Waals surface area (Å²) < 4.78 is 7.54. The van der Waals surface area contributed by atoms with Crippen LogP contribution in [0.4, 0.5) is 0 Å². The van der Waals surface area contributed by atoms with Gasteiger partial charge in [-0.05, 0) is 22.4 Å². The van der Waals surface area contributed by atoms with Gasteiger partial charge >= 0.3 is 5.97 Å². The van der Waals surface area contributed by atoms with Gasteiger partial charge in [0.1, 0.15) is 6.10 Å². The predicted octanol–water partition coefficient (Wildman–Crippen LogP) is 1.91. The van der Waals surface area contributed by atoms with Crippen LogP contribution in [-0.4, -0.2) is 20.6 Å². The van der Waals surface area contributed by atoms with Crippen molar-refractivity contribution in [1.29, 1.82) is 0 Å². The molecule has 5 nitrogen and oxygen atoms in total. The van der Waals surface area contributed by atoms with E-state index < -0.39 is 5.97 Å². The third-order valence-corrected chi connectivity index (χ3v) is 3.55. The summed E-state index contributed by atoms with van der Waals surface area (Å²) in [6, 6.07) is 2.02. The van der Waals surface area contributed by atoms with Gasteiger partial charge in [-0.25, -0.2) is 9.78 Å². The zero-order chi connectivity index (χ0) is 11.8. The van der Waals surface area contributed by atoms with Gasteiger partial charge in [-0.2, -0.15) is 11.3 Å². The highest BCUT2D eigenvalue weighted by atomic mass is 32.1. The van der Waals surface area contributed by atoms with E-state index >= 15 is 0 Å². The number of carboxylic acid groups (broad SMARTS) is 1. The van der Waals surface area contributed by atoms with Crippen molar-refractivity contribution >= 4 is 17.3 Å². The molecule has 2 aromatic heterocycles. The van der Waals surface area contributed by atoms with Crippen LogP contribution < -0.4 is 0 Å². The molecule has 6 heteroatoms. The van der Waals surface area contributed by atoms with Crippen LogP contribution in [0, 0.1) is 0 Å². The normalized spacial score (nSPS) is 18.9. The van der Waals surface area contributed by atoms with E-state index in [0.717, 1.165) is 5.56 Å². The number of hydrogen-bond donors (Lipinski definition) is 1. The van der Waals surface area contributed by atoms with Crippen LogP contribution in [0.3, 0.4) is 0 Å². The second kappa shape index (κ2) is 3.97. The van der Waals surface area contributed by atoms with Gasteiger partial charge in [0.05, 0.1) is 25.2 Å². The van der Waals surface area contributed by atoms with Gasteiger partial charge in [0.2, 0.25) is 0 Å². The third kappa shape index (κ3) is 1.75. The van der Waals surface area contributed by atoms with Crippen LogP contribution in [0.25, 0.3) is 0 Å². The minimum atomic E-state index is -1.00. The molecule has 1 unspecified atom stereocenters. The van der Waals surface area contributed by atoms with Crippen molar-refractivity contribution in [2.24, 2.45) is 0 Å². The molecule has 0 saturated carbocycles. The smallest absolute Gasteiger partial charge is 0.356 e. The van der Waals surface area contributed by atoms with E-state index in [1.165, 1.54) is 0 Å². The van der Waals surface area contributed by atoms with Crippen molar-refractivity contribution in [3.8, 4) is 0 Å². The maximum atomic E-state index is 10.9. The van der Waals surface area contributed by atoms with Gasteiger partial charge in [0.25, 0.3) is 0 Å². The highest BCUT2D eigenvalue weighted by Gasteiger charge is 2.25. The van der Waals surface area contributed by atoms with Crippen LogP contribution in [-0.2, 0) is 17.9 Å². The van der Waals surface area contributed by atoms with Crippen molar-refractivity contribution in [3.05, 3.63) is 40.1 Å². The Morgan fingerprint density at radius 2 is 2.53 bits per heavy atom. The molecule has 0 aromatic carbocycles. The molecule has 17 heavy (non-hydrogen) atoms. The number of ether oxygens (including phenoxy) is 1. The first kappa shape index (κ1) is 10.5. The molecule has 0 radical (unpaired) electrons. The van der Waals surface area contributed by atoms with Gasteiger partial charge in [0.15, 0.2) is 5.69 Å². The van der Waals surface area contributed by atoms with Gasteiger partial charge in [-0.3, -0.25) is 0 Å². The summed E-state index contributed by atoms with van der Waals surface area (Å²) in [5, 5.41) is 13.0. The zero-order valence-electron chi connectivity index (χ0n) is 8.87. The Labute approximate surface area is 101 Å². The van der Waals surface area contributed by atoms with E-state index in [9.17, 15) is 4.79 Å². The van der Waals surface area contributed by atoms with Crippen molar-refractivity contribution < 1.29 is 14.6 Å².